The second kappa shape index (κ2) is 7.72. The molecule has 124 valence electrons. The summed E-state index contributed by atoms with van der Waals surface area (Å²) in [7, 11) is 1.71. The van der Waals surface area contributed by atoms with E-state index in [4.69, 9.17) is 9.15 Å². The van der Waals surface area contributed by atoms with Crippen molar-refractivity contribution in [3.8, 4) is 10.8 Å². The van der Waals surface area contributed by atoms with Crippen molar-refractivity contribution in [2.24, 2.45) is 0 Å². The molecule has 23 heavy (non-hydrogen) atoms. The Morgan fingerprint density at radius 2 is 2.30 bits per heavy atom. The highest BCUT2D eigenvalue weighted by Crippen LogP contribution is 2.24. The zero-order chi connectivity index (χ0) is 16.1. The van der Waals surface area contributed by atoms with Crippen molar-refractivity contribution in [2.45, 2.75) is 6.42 Å². The SMILES string of the molecule is COCCN1CCCN(C(=O)c2csc(-c3ccco3)n2)CC1. The number of thiazole rings is 1. The molecule has 0 radical (unpaired) electrons. The average molecular weight is 335 g/mol. The van der Waals surface area contributed by atoms with Gasteiger partial charge in [-0.1, -0.05) is 0 Å². The van der Waals surface area contributed by atoms with Gasteiger partial charge >= 0.3 is 0 Å². The molecule has 2 aromatic rings. The largest absolute Gasteiger partial charge is 0.462 e. The number of rotatable bonds is 5. The summed E-state index contributed by atoms with van der Waals surface area (Å²) in [5, 5.41) is 2.56. The van der Waals surface area contributed by atoms with Gasteiger partial charge in [-0.2, -0.15) is 0 Å². The molecule has 1 aliphatic rings. The van der Waals surface area contributed by atoms with Crippen LogP contribution in [0.4, 0.5) is 0 Å². The molecule has 1 aliphatic heterocycles. The second-order valence-electron chi connectivity index (χ2n) is 5.50. The number of methoxy groups -OCH3 is 1. The smallest absolute Gasteiger partial charge is 0.273 e. The lowest BCUT2D eigenvalue weighted by Gasteiger charge is -2.21. The van der Waals surface area contributed by atoms with Gasteiger partial charge in [0.05, 0.1) is 12.9 Å². The molecule has 1 amide bonds. The highest BCUT2D eigenvalue weighted by Gasteiger charge is 2.22. The molecule has 0 saturated carbocycles. The normalized spacial score (nSPS) is 16.5. The van der Waals surface area contributed by atoms with Gasteiger partial charge in [0, 0.05) is 38.7 Å². The summed E-state index contributed by atoms with van der Waals surface area (Å²) in [6, 6.07) is 3.67. The highest BCUT2D eigenvalue weighted by molar-refractivity contribution is 7.13. The van der Waals surface area contributed by atoms with E-state index in [1.165, 1.54) is 11.3 Å². The molecule has 1 fully saturated rings. The monoisotopic (exact) mass is 335 g/mol. The van der Waals surface area contributed by atoms with Gasteiger partial charge in [0.1, 0.15) is 5.69 Å². The number of carbonyl (C=O) groups is 1. The first-order chi connectivity index (χ1) is 11.3. The maximum absolute atomic E-state index is 12.7. The van der Waals surface area contributed by atoms with E-state index < -0.39 is 0 Å². The van der Waals surface area contributed by atoms with Crippen LogP contribution in [0.25, 0.3) is 10.8 Å². The van der Waals surface area contributed by atoms with Crippen molar-refractivity contribution in [1.29, 1.82) is 0 Å². The molecule has 1 saturated heterocycles. The minimum Gasteiger partial charge on any atom is -0.462 e. The van der Waals surface area contributed by atoms with Crippen molar-refractivity contribution in [3.63, 3.8) is 0 Å². The zero-order valence-electron chi connectivity index (χ0n) is 13.2. The Morgan fingerprint density at radius 3 is 3.09 bits per heavy atom. The van der Waals surface area contributed by atoms with Crippen LogP contribution in [0, 0.1) is 0 Å². The first-order valence-corrected chi connectivity index (χ1v) is 8.66. The van der Waals surface area contributed by atoms with E-state index in [9.17, 15) is 4.79 Å². The Hall–Kier alpha value is -1.70. The Labute approximate surface area is 139 Å². The van der Waals surface area contributed by atoms with Gasteiger partial charge in [0.2, 0.25) is 0 Å². The number of carbonyl (C=O) groups excluding carboxylic acids is 1. The number of nitrogens with zero attached hydrogens (tertiary/aromatic N) is 3. The molecule has 0 aromatic carbocycles. The van der Waals surface area contributed by atoms with Crippen molar-refractivity contribution in [1.82, 2.24) is 14.8 Å². The van der Waals surface area contributed by atoms with E-state index in [2.05, 4.69) is 9.88 Å². The quantitative estimate of drug-likeness (QED) is 0.838. The summed E-state index contributed by atoms with van der Waals surface area (Å²) < 4.78 is 10.5. The van der Waals surface area contributed by atoms with Crippen LogP contribution < -0.4 is 0 Å². The molecule has 6 nitrogen and oxygen atoms in total. The van der Waals surface area contributed by atoms with Crippen LogP contribution in [0.2, 0.25) is 0 Å². The molecule has 0 bridgehead atoms. The fraction of sp³-hybridized carbons (Fsp3) is 0.500. The summed E-state index contributed by atoms with van der Waals surface area (Å²) in [5.74, 6) is 0.711. The molecule has 3 heterocycles. The number of ether oxygens (including phenoxy) is 1. The van der Waals surface area contributed by atoms with Gasteiger partial charge < -0.3 is 14.1 Å². The number of aromatic nitrogens is 1. The first kappa shape index (κ1) is 16.2. The molecule has 0 aliphatic carbocycles. The third kappa shape index (κ3) is 3.99. The van der Waals surface area contributed by atoms with Gasteiger partial charge in [-0.25, -0.2) is 4.98 Å². The maximum Gasteiger partial charge on any atom is 0.273 e. The lowest BCUT2D eigenvalue weighted by atomic mass is 10.3. The van der Waals surface area contributed by atoms with Crippen molar-refractivity contribution >= 4 is 17.2 Å². The van der Waals surface area contributed by atoms with Crippen molar-refractivity contribution in [2.75, 3.05) is 46.4 Å². The fourth-order valence-electron chi connectivity index (χ4n) is 2.67. The molecule has 0 unspecified atom stereocenters. The van der Waals surface area contributed by atoms with Crippen LogP contribution >= 0.6 is 11.3 Å². The van der Waals surface area contributed by atoms with Crippen LogP contribution in [0.5, 0.6) is 0 Å². The molecular formula is C16H21N3O3S. The van der Waals surface area contributed by atoms with Gasteiger partial charge in [-0.05, 0) is 25.1 Å². The van der Waals surface area contributed by atoms with E-state index in [-0.39, 0.29) is 5.91 Å². The minimum atomic E-state index is 0.00708. The lowest BCUT2D eigenvalue weighted by Crippen LogP contribution is -2.36. The number of amides is 1. The molecule has 2 aromatic heterocycles. The number of hydrogen-bond donors (Lipinski definition) is 0. The van der Waals surface area contributed by atoms with E-state index in [0.717, 1.165) is 50.8 Å². The Morgan fingerprint density at radius 1 is 1.39 bits per heavy atom. The Kier molecular flexibility index (Phi) is 5.43. The van der Waals surface area contributed by atoms with E-state index >= 15 is 0 Å². The van der Waals surface area contributed by atoms with Gasteiger partial charge in [0.15, 0.2) is 10.8 Å². The highest BCUT2D eigenvalue weighted by atomic mass is 32.1. The summed E-state index contributed by atoms with van der Waals surface area (Å²) >= 11 is 1.44. The standard InChI is InChI=1S/C16H21N3O3S/c1-21-11-9-18-5-3-6-19(8-7-18)16(20)13-12-23-15(17-13)14-4-2-10-22-14/h2,4,10,12H,3,5-9,11H2,1H3. The Bertz CT molecular complexity index is 626. The first-order valence-electron chi connectivity index (χ1n) is 7.78. The minimum absolute atomic E-state index is 0.00708. The summed E-state index contributed by atoms with van der Waals surface area (Å²) in [6.45, 7) is 5.03. The average Bonchev–Trinajstić information content (AvgIpc) is 3.20. The van der Waals surface area contributed by atoms with Crippen LogP contribution in [-0.2, 0) is 4.74 Å². The van der Waals surface area contributed by atoms with Crippen LogP contribution in [0.3, 0.4) is 0 Å². The lowest BCUT2D eigenvalue weighted by molar-refractivity contribution is 0.0754. The van der Waals surface area contributed by atoms with Gasteiger partial charge in [-0.3, -0.25) is 9.69 Å². The topological polar surface area (TPSA) is 58.8 Å². The molecule has 0 atom stereocenters. The predicted octanol–water partition coefficient (Wildman–Crippen LogP) is 2.20. The predicted molar refractivity (Wildman–Crippen MR) is 88.7 cm³/mol. The third-order valence-corrected chi connectivity index (χ3v) is 4.80. The molecule has 0 N–H and O–H groups in total. The summed E-state index contributed by atoms with van der Waals surface area (Å²) in [4.78, 5) is 21.3. The van der Waals surface area contributed by atoms with E-state index in [1.807, 2.05) is 22.4 Å². The second-order valence-corrected chi connectivity index (χ2v) is 6.35. The maximum atomic E-state index is 12.7. The van der Waals surface area contributed by atoms with Crippen molar-refractivity contribution < 1.29 is 13.9 Å². The van der Waals surface area contributed by atoms with Crippen LogP contribution in [-0.4, -0.2) is 67.1 Å². The van der Waals surface area contributed by atoms with E-state index in [0.29, 0.717) is 11.5 Å². The van der Waals surface area contributed by atoms with E-state index in [1.54, 1.807) is 13.4 Å². The van der Waals surface area contributed by atoms with Crippen LogP contribution in [0.1, 0.15) is 16.9 Å². The summed E-state index contributed by atoms with van der Waals surface area (Å²) in [6.07, 6.45) is 2.59. The molecule has 7 heteroatoms. The zero-order valence-corrected chi connectivity index (χ0v) is 14.1. The molecule has 3 rings (SSSR count). The number of hydrogen-bond acceptors (Lipinski definition) is 6. The van der Waals surface area contributed by atoms with Crippen molar-refractivity contribution in [3.05, 3.63) is 29.5 Å². The Balaban J connectivity index is 1.62. The summed E-state index contributed by atoms with van der Waals surface area (Å²) in [5.41, 5.74) is 0.506. The van der Waals surface area contributed by atoms with Crippen LogP contribution in [0.15, 0.2) is 28.2 Å². The number of furan rings is 1. The third-order valence-electron chi connectivity index (χ3n) is 3.94. The fourth-order valence-corrected chi connectivity index (χ4v) is 3.43. The molecular weight excluding hydrogens is 314 g/mol. The van der Waals surface area contributed by atoms with Gasteiger partial charge in [0.25, 0.3) is 5.91 Å². The molecule has 0 spiro atoms. The van der Waals surface area contributed by atoms with Gasteiger partial charge in [-0.15, -0.1) is 11.3 Å².